The lowest BCUT2D eigenvalue weighted by molar-refractivity contribution is 0.0440. The average Bonchev–Trinajstić information content (AvgIpc) is 2.25. The molecule has 1 aromatic rings. The zero-order chi connectivity index (χ0) is 12.3. The molecule has 3 nitrogen and oxygen atoms in total. The van der Waals surface area contributed by atoms with Crippen molar-refractivity contribution in [3.63, 3.8) is 0 Å². The van der Waals surface area contributed by atoms with E-state index in [9.17, 15) is 9.90 Å². The maximum Gasteiger partial charge on any atom is 0.195 e. The molecule has 0 aliphatic carbocycles. The van der Waals surface area contributed by atoms with Gasteiger partial charge in [0.2, 0.25) is 0 Å². The van der Waals surface area contributed by atoms with Gasteiger partial charge in [-0.3, -0.25) is 4.79 Å². The molecule has 0 aliphatic heterocycles. The third-order valence-electron chi connectivity index (χ3n) is 2.44. The number of para-hydroxylation sites is 1. The Morgan fingerprint density at radius 3 is 2.38 bits per heavy atom. The monoisotopic (exact) mass is 222 g/mol. The molecular weight excluding hydrogens is 204 g/mol. The molecule has 1 unspecified atom stereocenters. The molecule has 0 aliphatic rings. The highest BCUT2D eigenvalue weighted by Crippen LogP contribution is 2.26. The summed E-state index contributed by atoms with van der Waals surface area (Å²) in [6.07, 6.45) is -1.02. The zero-order valence-corrected chi connectivity index (χ0v) is 10.2. The van der Waals surface area contributed by atoms with Crippen LogP contribution in [0.4, 0.5) is 0 Å². The van der Waals surface area contributed by atoms with Crippen LogP contribution in [0.3, 0.4) is 0 Å². The molecule has 16 heavy (non-hydrogen) atoms. The number of hydrogen-bond donors (Lipinski definition) is 1. The van der Waals surface area contributed by atoms with Crippen LogP contribution in [-0.4, -0.2) is 24.1 Å². The van der Waals surface area contributed by atoms with Crippen LogP contribution in [0.5, 0.6) is 5.75 Å². The summed E-state index contributed by atoms with van der Waals surface area (Å²) in [5.41, 5.74) is -0.0507. The molecule has 1 rings (SSSR count). The number of ketones is 1. The molecule has 0 saturated heterocycles. The normalized spacial score (nSPS) is 13.3. The smallest absolute Gasteiger partial charge is 0.195 e. The van der Waals surface area contributed by atoms with E-state index in [0.29, 0.717) is 11.3 Å². The molecule has 1 N–H and O–H groups in total. The highest BCUT2D eigenvalue weighted by Gasteiger charge is 2.31. The lowest BCUT2D eigenvalue weighted by atomic mass is 9.84. The van der Waals surface area contributed by atoms with Crippen molar-refractivity contribution in [2.75, 3.05) is 7.11 Å². The first-order chi connectivity index (χ1) is 7.38. The fourth-order valence-electron chi connectivity index (χ4n) is 1.39. The van der Waals surface area contributed by atoms with Crippen LogP contribution in [0.25, 0.3) is 0 Å². The number of aliphatic hydroxyl groups is 1. The number of carbonyl (C=O) groups is 1. The molecule has 0 radical (unpaired) electrons. The lowest BCUT2D eigenvalue weighted by Gasteiger charge is -2.25. The minimum atomic E-state index is -1.02. The molecule has 0 bridgehead atoms. The Morgan fingerprint density at radius 1 is 1.31 bits per heavy atom. The topological polar surface area (TPSA) is 46.5 Å². The lowest BCUT2D eigenvalue weighted by Crippen LogP contribution is -2.34. The van der Waals surface area contributed by atoms with E-state index in [1.807, 2.05) is 20.8 Å². The Morgan fingerprint density at radius 2 is 1.88 bits per heavy atom. The molecule has 3 heteroatoms. The van der Waals surface area contributed by atoms with Gasteiger partial charge < -0.3 is 9.84 Å². The first kappa shape index (κ1) is 12.7. The van der Waals surface area contributed by atoms with Gasteiger partial charge in [0.1, 0.15) is 11.9 Å². The third-order valence-corrected chi connectivity index (χ3v) is 2.44. The average molecular weight is 222 g/mol. The Balaban J connectivity index is 3.05. The van der Waals surface area contributed by atoms with E-state index in [1.54, 1.807) is 24.3 Å². The van der Waals surface area contributed by atoms with E-state index < -0.39 is 11.5 Å². The summed E-state index contributed by atoms with van der Waals surface area (Å²) in [4.78, 5) is 12.0. The maximum absolute atomic E-state index is 12.0. The largest absolute Gasteiger partial charge is 0.496 e. The number of aliphatic hydroxyl groups excluding tert-OH is 1. The van der Waals surface area contributed by atoms with Crippen LogP contribution in [-0.2, 0) is 0 Å². The van der Waals surface area contributed by atoms with Crippen molar-refractivity contribution in [3.8, 4) is 5.75 Å². The van der Waals surface area contributed by atoms with Crippen molar-refractivity contribution in [2.45, 2.75) is 26.9 Å². The first-order valence-electron chi connectivity index (χ1n) is 5.23. The number of methoxy groups -OCH3 is 1. The molecule has 0 heterocycles. The summed E-state index contributed by atoms with van der Waals surface area (Å²) >= 11 is 0. The minimum absolute atomic E-state index is 0.301. The standard InChI is InChI=1S/C13H18O3/c1-13(2,3)12(15)11(14)9-7-5-6-8-10(9)16-4/h5-8,12,15H,1-4H3. The second-order valence-corrected chi connectivity index (χ2v) is 4.83. The second kappa shape index (κ2) is 4.66. The summed E-state index contributed by atoms with van der Waals surface area (Å²) in [5.74, 6) is 0.195. The summed E-state index contributed by atoms with van der Waals surface area (Å²) in [7, 11) is 1.51. The summed E-state index contributed by atoms with van der Waals surface area (Å²) < 4.78 is 5.10. The van der Waals surface area contributed by atoms with Crippen LogP contribution in [0.2, 0.25) is 0 Å². The Labute approximate surface area is 96.1 Å². The van der Waals surface area contributed by atoms with Gasteiger partial charge in [-0.25, -0.2) is 0 Å². The van der Waals surface area contributed by atoms with E-state index in [2.05, 4.69) is 0 Å². The number of hydrogen-bond acceptors (Lipinski definition) is 3. The van der Waals surface area contributed by atoms with Gasteiger partial charge in [-0.2, -0.15) is 0 Å². The molecule has 0 fully saturated rings. The van der Waals surface area contributed by atoms with Gasteiger partial charge in [0, 0.05) is 0 Å². The van der Waals surface area contributed by atoms with Gasteiger partial charge in [-0.1, -0.05) is 32.9 Å². The van der Waals surface area contributed by atoms with Gasteiger partial charge >= 0.3 is 0 Å². The first-order valence-corrected chi connectivity index (χ1v) is 5.23. The molecule has 0 amide bonds. The second-order valence-electron chi connectivity index (χ2n) is 4.83. The zero-order valence-electron chi connectivity index (χ0n) is 10.2. The van der Waals surface area contributed by atoms with Crippen LogP contribution >= 0.6 is 0 Å². The fraction of sp³-hybridized carbons (Fsp3) is 0.462. The molecule has 1 atom stereocenters. The van der Waals surface area contributed by atoms with Gasteiger partial charge in [0.15, 0.2) is 5.78 Å². The van der Waals surface area contributed by atoms with Gasteiger partial charge in [-0.15, -0.1) is 0 Å². The van der Waals surface area contributed by atoms with Gasteiger partial charge in [0.25, 0.3) is 0 Å². The molecule has 88 valence electrons. The van der Waals surface area contributed by atoms with E-state index in [4.69, 9.17) is 4.74 Å². The van der Waals surface area contributed by atoms with Crippen LogP contribution < -0.4 is 4.74 Å². The van der Waals surface area contributed by atoms with Crippen molar-refractivity contribution in [1.29, 1.82) is 0 Å². The number of ether oxygens (including phenoxy) is 1. The van der Waals surface area contributed by atoms with E-state index in [0.717, 1.165) is 0 Å². The predicted molar refractivity (Wildman–Crippen MR) is 62.8 cm³/mol. The Hall–Kier alpha value is -1.35. The third kappa shape index (κ3) is 2.61. The highest BCUT2D eigenvalue weighted by molar-refractivity contribution is 6.02. The molecule has 0 saturated carbocycles. The van der Waals surface area contributed by atoms with E-state index >= 15 is 0 Å². The van der Waals surface area contributed by atoms with Crippen LogP contribution in [0, 0.1) is 5.41 Å². The highest BCUT2D eigenvalue weighted by atomic mass is 16.5. The molecule has 1 aromatic carbocycles. The van der Waals surface area contributed by atoms with Gasteiger partial charge in [-0.05, 0) is 17.5 Å². The fourth-order valence-corrected chi connectivity index (χ4v) is 1.39. The number of benzene rings is 1. The summed E-state index contributed by atoms with van der Waals surface area (Å²) in [6.45, 7) is 5.47. The molecular formula is C13H18O3. The van der Waals surface area contributed by atoms with Crippen molar-refractivity contribution in [3.05, 3.63) is 29.8 Å². The molecule has 0 spiro atoms. The predicted octanol–water partition coefficient (Wildman–Crippen LogP) is 2.28. The van der Waals surface area contributed by atoms with Crippen LogP contribution in [0.1, 0.15) is 31.1 Å². The van der Waals surface area contributed by atoms with Crippen molar-refractivity contribution in [2.24, 2.45) is 5.41 Å². The van der Waals surface area contributed by atoms with E-state index in [-0.39, 0.29) is 5.78 Å². The number of Topliss-reactive ketones (excluding diaryl/α,β-unsaturated/α-hetero) is 1. The van der Waals surface area contributed by atoms with Crippen LogP contribution in [0.15, 0.2) is 24.3 Å². The Kier molecular flexibility index (Phi) is 3.70. The van der Waals surface area contributed by atoms with E-state index in [1.165, 1.54) is 7.11 Å². The van der Waals surface area contributed by atoms with Gasteiger partial charge in [0.05, 0.1) is 12.7 Å². The maximum atomic E-state index is 12.0. The minimum Gasteiger partial charge on any atom is -0.496 e. The summed E-state index contributed by atoms with van der Waals surface area (Å²) in [6, 6.07) is 6.92. The summed E-state index contributed by atoms with van der Waals surface area (Å²) in [5, 5.41) is 9.92. The molecule has 0 aromatic heterocycles. The van der Waals surface area contributed by atoms with Crippen molar-refractivity contribution >= 4 is 5.78 Å². The Bertz CT molecular complexity index is 377. The number of carbonyl (C=O) groups excluding carboxylic acids is 1. The van der Waals surface area contributed by atoms with Crippen molar-refractivity contribution < 1.29 is 14.6 Å². The quantitative estimate of drug-likeness (QED) is 0.798. The number of rotatable bonds is 3. The SMILES string of the molecule is COc1ccccc1C(=O)C(O)C(C)(C)C. The van der Waals surface area contributed by atoms with Crippen molar-refractivity contribution in [1.82, 2.24) is 0 Å².